The molecule has 2 bridgehead atoms. The third-order valence-corrected chi connectivity index (χ3v) is 9.90. The second-order valence-corrected chi connectivity index (χ2v) is 12.7. The summed E-state index contributed by atoms with van der Waals surface area (Å²) < 4.78 is 6.88. The molecule has 2 aromatic rings. The molecule has 3 aliphatic rings. The van der Waals surface area contributed by atoms with Crippen molar-refractivity contribution >= 4 is 35.0 Å². The summed E-state index contributed by atoms with van der Waals surface area (Å²) in [5.41, 5.74) is -0.204. The summed E-state index contributed by atoms with van der Waals surface area (Å²) in [6.07, 6.45) is 4.99. The topological polar surface area (TPSA) is 90.4 Å². The van der Waals surface area contributed by atoms with Crippen molar-refractivity contribution in [1.82, 2.24) is 9.80 Å². The van der Waals surface area contributed by atoms with Crippen molar-refractivity contribution in [3.05, 3.63) is 90.0 Å². The number of carbonyl (C=O) groups excluding carboxylic acids is 3. The zero-order valence-electron chi connectivity index (χ0n) is 25.7. The number of nitrogens with zero attached hydrogens (tertiary/aromatic N) is 3. The lowest BCUT2D eigenvalue weighted by Crippen LogP contribution is -2.57. The standard InChI is InChI=1S/C35H42ClN3O5/c1-6-19-37(20-7-2)31(41)27-28-32(42)39(26(22-40)24-14-10-9-11-15-24)30(35(28)18-17-34(27,5)44-35)33(43)38(21-8-3)29-23(4)13-12-16-25(29)36/h6,8-16,26-28,30,40H,1,3,7,17-22H2,2,4-5H3/t26-,27+,28+,30?,34-,35?/m1/s1. The summed E-state index contributed by atoms with van der Waals surface area (Å²) in [4.78, 5) is 49.0. The largest absolute Gasteiger partial charge is 0.394 e. The molecule has 3 saturated heterocycles. The molecular formula is C35H42ClN3O5. The van der Waals surface area contributed by atoms with Gasteiger partial charge in [-0.05, 0) is 50.3 Å². The van der Waals surface area contributed by atoms with Crippen LogP contribution in [0.1, 0.15) is 50.3 Å². The van der Waals surface area contributed by atoms with Crippen LogP contribution in [-0.4, -0.2) is 76.1 Å². The van der Waals surface area contributed by atoms with E-state index in [1.807, 2.05) is 63.2 Å². The molecule has 2 aromatic carbocycles. The number of rotatable bonds is 12. The van der Waals surface area contributed by atoms with Crippen LogP contribution in [0.5, 0.6) is 0 Å². The Morgan fingerprint density at radius 2 is 1.82 bits per heavy atom. The Hall–Kier alpha value is -3.46. The number of benzene rings is 2. The molecule has 5 rings (SSSR count). The molecule has 0 saturated carbocycles. The number of hydrogen-bond donors (Lipinski definition) is 1. The first kappa shape index (κ1) is 31.9. The lowest BCUT2D eigenvalue weighted by molar-refractivity contribution is -0.152. The first-order valence-corrected chi connectivity index (χ1v) is 15.7. The van der Waals surface area contributed by atoms with Crippen molar-refractivity contribution in [3.63, 3.8) is 0 Å². The number of amides is 3. The highest BCUT2D eigenvalue weighted by Crippen LogP contribution is 2.64. The first-order chi connectivity index (χ1) is 21.1. The number of carbonyl (C=O) groups is 3. The van der Waals surface area contributed by atoms with Gasteiger partial charge >= 0.3 is 0 Å². The van der Waals surface area contributed by atoms with Gasteiger partial charge in [-0.25, -0.2) is 0 Å². The van der Waals surface area contributed by atoms with Gasteiger partial charge in [0.15, 0.2) is 0 Å². The SMILES string of the molecule is C=CCN(CCC)C(=O)[C@@H]1[C@H]2C(=O)N([C@H](CO)c3ccccc3)C(C(=O)N(CC=C)c3c(C)cccc3Cl)C23CC[C@@]1(C)O3. The van der Waals surface area contributed by atoms with E-state index in [0.717, 1.165) is 12.0 Å². The molecular weight excluding hydrogens is 578 g/mol. The fourth-order valence-electron chi connectivity index (χ4n) is 7.83. The highest BCUT2D eigenvalue weighted by atomic mass is 35.5. The molecule has 0 aromatic heterocycles. The number of hydrogen-bond acceptors (Lipinski definition) is 5. The lowest BCUT2D eigenvalue weighted by Gasteiger charge is -2.40. The average molecular weight is 620 g/mol. The van der Waals surface area contributed by atoms with Crippen molar-refractivity contribution in [2.45, 2.75) is 63.3 Å². The maximum Gasteiger partial charge on any atom is 0.253 e. The zero-order valence-corrected chi connectivity index (χ0v) is 26.5. The van der Waals surface area contributed by atoms with E-state index in [-0.39, 0.29) is 24.3 Å². The van der Waals surface area contributed by atoms with Crippen LogP contribution < -0.4 is 4.90 Å². The van der Waals surface area contributed by atoms with Crippen LogP contribution in [0.2, 0.25) is 5.02 Å². The van der Waals surface area contributed by atoms with Crippen molar-refractivity contribution in [1.29, 1.82) is 0 Å². The number of aliphatic hydroxyl groups is 1. The second-order valence-electron chi connectivity index (χ2n) is 12.3. The minimum atomic E-state index is -1.27. The van der Waals surface area contributed by atoms with Crippen molar-refractivity contribution in [2.24, 2.45) is 11.8 Å². The highest BCUT2D eigenvalue weighted by Gasteiger charge is 2.79. The van der Waals surface area contributed by atoms with E-state index in [1.165, 1.54) is 4.90 Å². The molecule has 44 heavy (non-hydrogen) atoms. The fraction of sp³-hybridized carbons (Fsp3) is 0.457. The van der Waals surface area contributed by atoms with Crippen LogP contribution in [0.25, 0.3) is 0 Å². The minimum absolute atomic E-state index is 0.140. The molecule has 3 aliphatic heterocycles. The van der Waals surface area contributed by atoms with E-state index in [9.17, 15) is 14.7 Å². The van der Waals surface area contributed by atoms with Crippen LogP contribution in [-0.2, 0) is 19.1 Å². The van der Waals surface area contributed by atoms with Crippen molar-refractivity contribution in [2.75, 3.05) is 31.1 Å². The highest BCUT2D eigenvalue weighted by molar-refractivity contribution is 6.34. The second kappa shape index (κ2) is 12.5. The molecule has 9 heteroatoms. The molecule has 8 nitrogen and oxygen atoms in total. The van der Waals surface area contributed by atoms with Crippen molar-refractivity contribution < 1.29 is 24.2 Å². The Labute approximate surface area is 264 Å². The molecule has 3 fully saturated rings. The smallest absolute Gasteiger partial charge is 0.253 e. The van der Waals surface area contributed by atoms with Gasteiger partial charge in [0.25, 0.3) is 5.91 Å². The third-order valence-electron chi connectivity index (χ3n) is 9.60. The van der Waals surface area contributed by atoms with E-state index in [2.05, 4.69) is 13.2 Å². The average Bonchev–Trinajstić information content (AvgIpc) is 3.57. The maximum absolute atomic E-state index is 15.0. The van der Waals surface area contributed by atoms with Gasteiger partial charge in [0.05, 0.1) is 40.8 Å². The molecule has 0 radical (unpaired) electrons. The maximum atomic E-state index is 15.0. The Morgan fingerprint density at radius 3 is 2.43 bits per heavy atom. The Morgan fingerprint density at radius 1 is 1.11 bits per heavy atom. The monoisotopic (exact) mass is 619 g/mol. The predicted octanol–water partition coefficient (Wildman–Crippen LogP) is 5.09. The van der Waals surface area contributed by atoms with Gasteiger partial charge in [-0.1, -0.05) is 73.1 Å². The van der Waals surface area contributed by atoms with Crippen LogP contribution in [0.3, 0.4) is 0 Å². The predicted molar refractivity (Wildman–Crippen MR) is 171 cm³/mol. The summed E-state index contributed by atoms with van der Waals surface area (Å²) in [6.45, 7) is 14.1. The number of halogens is 1. The van der Waals surface area contributed by atoms with Crippen LogP contribution in [0.15, 0.2) is 73.8 Å². The first-order valence-electron chi connectivity index (χ1n) is 15.3. The van der Waals surface area contributed by atoms with Gasteiger partial charge in [-0.2, -0.15) is 0 Å². The van der Waals surface area contributed by atoms with Gasteiger partial charge in [0.1, 0.15) is 11.6 Å². The van der Waals surface area contributed by atoms with Crippen LogP contribution in [0, 0.1) is 18.8 Å². The normalized spacial score (nSPS) is 27.6. The van der Waals surface area contributed by atoms with E-state index in [0.29, 0.717) is 42.2 Å². The minimum Gasteiger partial charge on any atom is -0.394 e. The Balaban J connectivity index is 1.69. The molecule has 2 unspecified atom stereocenters. The van der Waals surface area contributed by atoms with E-state index in [4.69, 9.17) is 16.3 Å². The molecule has 3 amide bonds. The molecule has 1 spiro atoms. The van der Waals surface area contributed by atoms with E-state index < -0.39 is 41.7 Å². The number of likely N-dealkylation sites (tertiary alicyclic amines) is 1. The van der Waals surface area contributed by atoms with Crippen molar-refractivity contribution in [3.8, 4) is 0 Å². The fourth-order valence-corrected chi connectivity index (χ4v) is 8.16. The lowest BCUT2D eigenvalue weighted by atomic mass is 9.66. The molecule has 234 valence electrons. The summed E-state index contributed by atoms with van der Waals surface area (Å²) in [6, 6.07) is 12.6. The Bertz CT molecular complexity index is 1430. The summed E-state index contributed by atoms with van der Waals surface area (Å²) in [7, 11) is 0. The summed E-state index contributed by atoms with van der Waals surface area (Å²) in [5.74, 6) is -2.62. The van der Waals surface area contributed by atoms with Crippen LogP contribution in [0.4, 0.5) is 5.69 Å². The van der Waals surface area contributed by atoms with Gasteiger partial charge in [-0.3, -0.25) is 14.4 Å². The van der Waals surface area contributed by atoms with E-state index in [1.54, 1.807) is 28.0 Å². The number of aliphatic hydroxyl groups excluding tert-OH is 1. The molecule has 6 atom stereocenters. The third kappa shape index (κ3) is 4.97. The number of anilines is 1. The number of aryl methyl sites for hydroxylation is 1. The molecule has 3 heterocycles. The quantitative estimate of drug-likeness (QED) is 0.334. The number of para-hydroxylation sites is 1. The number of ether oxygens (including phenoxy) is 1. The van der Waals surface area contributed by atoms with Gasteiger partial charge in [-0.15, -0.1) is 13.2 Å². The zero-order chi connectivity index (χ0) is 31.8. The van der Waals surface area contributed by atoms with Gasteiger partial charge < -0.3 is 24.5 Å². The van der Waals surface area contributed by atoms with E-state index >= 15 is 4.79 Å². The molecule has 1 N–H and O–H groups in total. The summed E-state index contributed by atoms with van der Waals surface area (Å²) >= 11 is 6.69. The van der Waals surface area contributed by atoms with Gasteiger partial charge in [0.2, 0.25) is 11.8 Å². The van der Waals surface area contributed by atoms with Crippen LogP contribution >= 0.6 is 11.6 Å². The van der Waals surface area contributed by atoms with Gasteiger partial charge in [0, 0.05) is 19.6 Å². The number of fused-ring (bicyclic) bond motifs is 1. The summed E-state index contributed by atoms with van der Waals surface area (Å²) in [5, 5.41) is 11.2. The molecule has 0 aliphatic carbocycles. The Kier molecular flexibility index (Phi) is 9.08.